The lowest BCUT2D eigenvalue weighted by Gasteiger charge is -2.27. The number of nitrogens with zero attached hydrogens (tertiary/aromatic N) is 1. The van der Waals surface area contributed by atoms with Crippen LogP contribution < -0.4 is 9.64 Å². The van der Waals surface area contributed by atoms with Crippen LogP contribution in [0.1, 0.15) is 55.1 Å². The van der Waals surface area contributed by atoms with Crippen LogP contribution in [0.4, 0.5) is 5.69 Å². The van der Waals surface area contributed by atoms with Gasteiger partial charge >= 0.3 is 5.97 Å². The summed E-state index contributed by atoms with van der Waals surface area (Å²) in [6, 6.07) is 13.6. The number of hydrogen-bond donors (Lipinski definition) is 0. The Balaban J connectivity index is 2.17. The van der Waals surface area contributed by atoms with Crippen molar-refractivity contribution in [2.45, 2.75) is 52.7 Å². The van der Waals surface area contributed by atoms with Crippen LogP contribution >= 0.6 is 0 Å². The normalized spacial score (nSPS) is 11.1. The van der Waals surface area contributed by atoms with Crippen molar-refractivity contribution in [3.8, 4) is 5.75 Å². The van der Waals surface area contributed by atoms with Crippen LogP contribution in [0.3, 0.4) is 0 Å². The number of aldehydes is 1. The molecule has 0 aliphatic heterocycles. The molecular weight excluding hydrogens is 366 g/mol. The van der Waals surface area contributed by atoms with Gasteiger partial charge in [0.2, 0.25) is 0 Å². The summed E-state index contributed by atoms with van der Waals surface area (Å²) in [7, 11) is 1.64. The Hall–Kier alpha value is -2.82. The molecule has 0 unspecified atom stereocenters. The fraction of sp³-hybridized carbons (Fsp3) is 0.417. The minimum Gasteiger partial charge on any atom is -0.497 e. The first-order valence-electron chi connectivity index (χ1n) is 9.87. The van der Waals surface area contributed by atoms with E-state index >= 15 is 0 Å². The number of aryl methyl sites for hydroxylation is 1. The van der Waals surface area contributed by atoms with Crippen molar-refractivity contribution in [1.82, 2.24) is 0 Å². The fourth-order valence-electron chi connectivity index (χ4n) is 3.07. The lowest BCUT2D eigenvalue weighted by molar-refractivity contribution is -0.154. The number of ether oxygens (including phenoxy) is 2. The zero-order valence-corrected chi connectivity index (χ0v) is 18.0. The van der Waals surface area contributed by atoms with Gasteiger partial charge in [0, 0.05) is 30.8 Å². The summed E-state index contributed by atoms with van der Waals surface area (Å²) in [4.78, 5) is 25.8. The maximum atomic E-state index is 12.1. The van der Waals surface area contributed by atoms with Gasteiger partial charge in [0.15, 0.2) is 6.29 Å². The fourth-order valence-corrected chi connectivity index (χ4v) is 3.07. The van der Waals surface area contributed by atoms with Gasteiger partial charge in [0.25, 0.3) is 0 Å². The zero-order valence-electron chi connectivity index (χ0n) is 18.0. The predicted octanol–water partition coefficient (Wildman–Crippen LogP) is 4.94. The lowest BCUT2D eigenvalue weighted by atomic mass is 10.1. The second-order valence-corrected chi connectivity index (χ2v) is 8.14. The van der Waals surface area contributed by atoms with Gasteiger partial charge in [0.1, 0.15) is 11.4 Å². The number of rotatable bonds is 9. The van der Waals surface area contributed by atoms with E-state index in [9.17, 15) is 9.59 Å². The van der Waals surface area contributed by atoms with Crippen molar-refractivity contribution >= 4 is 17.9 Å². The van der Waals surface area contributed by atoms with Crippen LogP contribution in [0.25, 0.3) is 0 Å². The van der Waals surface area contributed by atoms with Gasteiger partial charge in [-0.15, -0.1) is 0 Å². The molecule has 0 saturated carbocycles. The van der Waals surface area contributed by atoms with Crippen LogP contribution in [0.15, 0.2) is 42.5 Å². The van der Waals surface area contributed by atoms with E-state index in [1.807, 2.05) is 70.2 Å². The Kier molecular flexibility index (Phi) is 7.82. The highest BCUT2D eigenvalue weighted by atomic mass is 16.6. The summed E-state index contributed by atoms with van der Waals surface area (Å²) in [6.07, 6.45) is 1.85. The number of carbonyl (C=O) groups is 2. The molecule has 0 spiro atoms. The Bertz CT molecular complexity index is 822. The second kappa shape index (κ2) is 10.1. The quantitative estimate of drug-likeness (QED) is 0.443. The smallest absolute Gasteiger partial charge is 0.306 e. The maximum absolute atomic E-state index is 12.1. The predicted molar refractivity (Wildman–Crippen MR) is 116 cm³/mol. The lowest BCUT2D eigenvalue weighted by Crippen LogP contribution is -2.27. The maximum Gasteiger partial charge on any atom is 0.306 e. The second-order valence-electron chi connectivity index (χ2n) is 8.14. The van der Waals surface area contributed by atoms with Crippen molar-refractivity contribution in [2.24, 2.45) is 0 Å². The molecule has 0 radical (unpaired) electrons. The van der Waals surface area contributed by atoms with Gasteiger partial charge in [-0.3, -0.25) is 9.59 Å². The molecule has 5 nitrogen and oxygen atoms in total. The number of hydrogen-bond acceptors (Lipinski definition) is 5. The SMILES string of the molecule is COc1ccc(CN(CCCC(=O)OC(C)(C)C)c2cc(C)ccc2C=O)cc1. The molecule has 0 heterocycles. The molecule has 0 aromatic heterocycles. The first kappa shape index (κ1) is 22.5. The van der Waals surface area contributed by atoms with Gasteiger partial charge in [-0.2, -0.15) is 0 Å². The van der Waals surface area contributed by atoms with Crippen LogP contribution in [0.5, 0.6) is 5.75 Å². The van der Waals surface area contributed by atoms with Gasteiger partial charge in [-0.25, -0.2) is 0 Å². The monoisotopic (exact) mass is 397 g/mol. The van der Waals surface area contributed by atoms with Crippen LogP contribution in [-0.2, 0) is 16.1 Å². The average molecular weight is 398 g/mol. The molecule has 0 amide bonds. The third-order valence-electron chi connectivity index (χ3n) is 4.42. The minimum absolute atomic E-state index is 0.207. The third-order valence-corrected chi connectivity index (χ3v) is 4.42. The van der Waals surface area contributed by atoms with Crippen molar-refractivity contribution < 1.29 is 19.1 Å². The minimum atomic E-state index is -0.485. The van der Waals surface area contributed by atoms with Crippen molar-refractivity contribution in [3.05, 3.63) is 59.2 Å². The molecule has 0 atom stereocenters. The summed E-state index contributed by atoms with van der Waals surface area (Å²) in [6.45, 7) is 8.86. The number of carbonyl (C=O) groups excluding carboxylic acids is 2. The first-order chi connectivity index (χ1) is 13.7. The largest absolute Gasteiger partial charge is 0.497 e. The Morgan fingerprint density at radius 2 is 1.79 bits per heavy atom. The van der Waals surface area contributed by atoms with E-state index in [1.54, 1.807) is 7.11 Å². The highest BCUT2D eigenvalue weighted by molar-refractivity contribution is 5.85. The number of benzene rings is 2. The van der Waals surface area contributed by atoms with E-state index in [2.05, 4.69) is 4.90 Å². The Labute approximate surface area is 173 Å². The molecule has 0 aliphatic carbocycles. The van der Waals surface area contributed by atoms with Crippen LogP contribution in [-0.4, -0.2) is 31.5 Å². The Morgan fingerprint density at radius 3 is 2.38 bits per heavy atom. The van der Waals surface area contributed by atoms with Crippen molar-refractivity contribution in [1.29, 1.82) is 0 Å². The standard InChI is InChI=1S/C24H31NO4/c1-18-8-11-20(17-26)22(15-18)25(14-6-7-23(27)29-24(2,3)4)16-19-9-12-21(28-5)13-10-19/h8-13,15,17H,6-7,14,16H2,1-5H3. The molecular formula is C24H31NO4. The molecule has 2 rings (SSSR count). The molecule has 2 aromatic carbocycles. The van der Waals surface area contributed by atoms with E-state index in [0.29, 0.717) is 31.5 Å². The summed E-state index contributed by atoms with van der Waals surface area (Å²) in [5.74, 6) is 0.594. The van der Waals surface area contributed by atoms with Crippen molar-refractivity contribution in [2.75, 3.05) is 18.6 Å². The first-order valence-corrected chi connectivity index (χ1v) is 9.87. The summed E-state index contributed by atoms with van der Waals surface area (Å²) >= 11 is 0. The van der Waals surface area contributed by atoms with Crippen LogP contribution in [0, 0.1) is 6.92 Å². The van der Waals surface area contributed by atoms with Crippen molar-refractivity contribution in [3.63, 3.8) is 0 Å². The third kappa shape index (κ3) is 7.26. The number of esters is 1. The molecule has 5 heteroatoms. The molecule has 0 aliphatic rings. The summed E-state index contributed by atoms with van der Waals surface area (Å²) < 4.78 is 10.6. The van der Waals surface area contributed by atoms with E-state index in [1.165, 1.54) is 0 Å². The molecule has 156 valence electrons. The molecule has 0 fully saturated rings. The molecule has 0 bridgehead atoms. The Morgan fingerprint density at radius 1 is 1.10 bits per heavy atom. The van der Waals surface area contributed by atoms with E-state index in [4.69, 9.17) is 9.47 Å². The van der Waals surface area contributed by atoms with E-state index in [0.717, 1.165) is 28.8 Å². The van der Waals surface area contributed by atoms with Crippen LogP contribution in [0.2, 0.25) is 0 Å². The topological polar surface area (TPSA) is 55.8 Å². The number of methoxy groups -OCH3 is 1. The molecule has 29 heavy (non-hydrogen) atoms. The number of anilines is 1. The highest BCUT2D eigenvalue weighted by Gasteiger charge is 2.17. The van der Waals surface area contributed by atoms with Gasteiger partial charge in [0.05, 0.1) is 7.11 Å². The average Bonchev–Trinajstić information content (AvgIpc) is 2.66. The van der Waals surface area contributed by atoms with Gasteiger partial charge < -0.3 is 14.4 Å². The summed E-state index contributed by atoms with van der Waals surface area (Å²) in [5, 5.41) is 0. The van der Waals surface area contributed by atoms with Gasteiger partial charge in [-0.1, -0.05) is 18.2 Å². The van der Waals surface area contributed by atoms with E-state index < -0.39 is 5.60 Å². The molecule has 0 N–H and O–H groups in total. The molecule has 2 aromatic rings. The van der Waals surface area contributed by atoms with Gasteiger partial charge in [-0.05, 0) is 69.5 Å². The zero-order chi connectivity index (χ0) is 21.4. The summed E-state index contributed by atoms with van der Waals surface area (Å²) in [5.41, 5.74) is 3.21. The highest BCUT2D eigenvalue weighted by Crippen LogP contribution is 2.24. The molecule has 0 saturated heterocycles. The van der Waals surface area contributed by atoms with E-state index in [-0.39, 0.29) is 5.97 Å².